The van der Waals surface area contributed by atoms with Gasteiger partial charge < -0.3 is 19.3 Å². The molecule has 2 aromatic rings. The number of aliphatic hydroxyl groups excluding tert-OH is 1. The Balaban J connectivity index is 2.10. The zero-order chi connectivity index (χ0) is 14.8. The van der Waals surface area contributed by atoms with Gasteiger partial charge in [0, 0.05) is 31.6 Å². The monoisotopic (exact) mass is 288 g/mol. The lowest BCUT2D eigenvalue weighted by Crippen LogP contribution is -2.46. The van der Waals surface area contributed by atoms with Crippen molar-refractivity contribution >= 4 is 16.7 Å². The Morgan fingerprint density at radius 3 is 2.57 bits per heavy atom. The van der Waals surface area contributed by atoms with E-state index in [4.69, 9.17) is 4.42 Å². The molecule has 1 aromatic heterocycles. The highest BCUT2D eigenvalue weighted by molar-refractivity contribution is 5.92. The summed E-state index contributed by atoms with van der Waals surface area (Å²) in [6.45, 7) is 6.55. The van der Waals surface area contributed by atoms with Crippen LogP contribution < -0.4 is 10.5 Å². The molecule has 0 aliphatic carbocycles. The van der Waals surface area contributed by atoms with Crippen molar-refractivity contribution < 1.29 is 9.52 Å². The van der Waals surface area contributed by atoms with Crippen LogP contribution in [0, 0.1) is 0 Å². The van der Waals surface area contributed by atoms with Crippen LogP contribution in [-0.4, -0.2) is 42.7 Å². The fourth-order valence-electron chi connectivity index (χ4n) is 2.96. The molecule has 1 fully saturated rings. The molecule has 1 saturated heterocycles. The summed E-state index contributed by atoms with van der Waals surface area (Å²) in [6.07, 6.45) is 0. The van der Waals surface area contributed by atoms with Crippen LogP contribution in [0.5, 0.6) is 0 Å². The Hall–Kier alpha value is -1.85. The average Bonchev–Trinajstić information content (AvgIpc) is 2.53. The first kappa shape index (κ1) is 14.1. The lowest BCUT2D eigenvalue weighted by molar-refractivity contribution is 0.265. The molecule has 21 heavy (non-hydrogen) atoms. The van der Waals surface area contributed by atoms with Gasteiger partial charge in [-0.1, -0.05) is 19.1 Å². The highest BCUT2D eigenvalue weighted by atomic mass is 16.4. The van der Waals surface area contributed by atoms with Crippen molar-refractivity contribution in [3.05, 3.63) is 40.2 Å². The molecule has 0 atom stereocenters. The number of aliphatic hydroxyl groups is 1. The van der Waals surface area contributed by atoms with Gasteiger partial charge in [-0.2, -0.15) is 0 Å². The van der Waals surface area contributed by atoms with Crippen LogP contribution in [0.25, 0.3) is 11.0 Å². The van der Waals surface area contributed by atoms with Crippen molar-refractivity contribution in [2.24, 2.45) is 0 Å². The Bertz CT molecular complexity index is 687. The lowest BCUT2D eigenvalue weighted by atomic mass is 10.1. The molecule has 1 aromatic carbocycles. The van der Waals surface area contributed by atoms with Crippen molar-refractivity contribution in [3.8, 4) is 0 Å². The van der Waals surface area contributed by atoms with Crippen LogP contribution in [0.3, 0.4) is 0 Å². The first-order chi connectivity index (χ1) is 10.2. The Morgan fingerprint density at radius 2 is 1.90 bits per heavy atom. The number of fused-ring (bicyclic) bond motifs is 1. The van der Waals surface area contributed by atoms with Gasteiger partial charge in [-0.3, -0.25) is 0 Å². The number of anilines is 1. The number of hydrogen-bond donors (Lipinski definition) is 1. The first-order valence-electron chi connectivity index (χ1n) is 7.37. The van der Waals surface area contributed by atoms with Gasteiger partial charge in [-0.15, -0.1) is 0 Å². The number of likely N-dealkylation sites (N-methyl/N-ethyl adjacent to an activating group) is 1. The molecular weight excluding hydrogens is 268 g/mol. The molecule has 0 saturated carbocycles. The third-order valence-electron chi connectivity index (χ3n) is 4.17. The summed E-state index contributed by atoms with van der Waals surface area (Å²) in [5.74, 6) is 0. The minimum Gasteiger partial charge on any atom is -0.422 e. The van der Waals surface area contributed by atoms with Gasteiger partial charge in [0.15, 0.2) is 0 Å². The van der Waals surface area contributed by atoms with Crippen molar-refractivity contribution in [1.82, 2.24) is 4.90 Å². The van der Waals surface area contributed by atoms with E-state index in [1.165, 1.54) is 0 Å². The maximum absolute atomic E-state index is 12.1. The molecule has 112 valence electrons. The van der Waals surface area contributed by atoms with Gasteiger partial charge in [0.25, 0.3) is 0 Å². The number of benzene rings is 1. The molecule has 2 heterocycles. The summed E-state index contributed by atoms with van der Waals surface area (Å²) in [4.78, 5) is 16.7. The van der Waals surface area contributed by atoms with Gasteiger partial charge in [-0.05, 0) is 18.7 Å². The quantitative estimate of drug-likeness (QED) is 0.866. The van der Waals surface area contributed by atoms with Crippen molar-refractivity contribution in [2.45, 2.75) is 13.5 Å². The minimum absolute atomic E-state index is 0.295. The van der Waals surface area contributed by atoms with Crippen LogP contribution in [0.4, 0.5) is 5.69 Å². The van der Waals surface area contributed by atoms with E-state index in [1.54, 1.807) is 6.07 Å². The van der Waals surface area contributed by atoms with E-state index >= 15 is 0 Å². The third kappa shape index (κ3) is 2.54. The summed E-state index contributed by atoms with van der Waals surface area (Å²) in [5, 5.41) is 10.5. The molecule has 0 spiro atoms. The van der Waals surface area contributed by atoms with Crippen LogP contribution in [-0.2, 0) is 6.61 Å². The second-order valence-electron chi connectivity index (χ2n) is 5.29. The van der Waals surface area contributed by atoms with Gasteiger partial charge in [0.2, 0.25) is 0 Å². The number of piperazine rings is 1. The van der Waals surface area contributed by atoms with Crippen LogP contribution in [0.15, 0.2) is 33.5 Å². The lowest BCUT2D eigenvalue weighted by Gasteiger charge is -2.36. The molecule has 0 bridgehead atoms. The third-order valence-corrected chi connectivity index (χ3v) is 4.17. The first-order valence-corrected chi connectivity index (χ1v) is 7.37. The molecule has 0 radical (unpaired) electrons. The van der Waals surface area contributed by atoms with Crippen LogP contribution in [0.2, 0.25) is 0 Å². The van der Waals surface area contributed by atoms with Crippen molar-refractivity contribution in [2.75, 3.05) is 37.6 Å². The van der Waals surface area contributed by atoms with E-state index in [9.17, 15) is 9.90 Å². The summed E-state index contributed by atoms with van der Waals surface area (Å²) in [6, 6.07) is 7.51. The molecule has 3 rings (SSSR count). The summed E-state index contributed by atoms with van der Waals surface area (Å²) in [5.41, 5.74) is 1.33. The smallest absolute Gasteiger partial charge is 0.343 e. The number of hydrogen-bond acceptors (Lipinski definition) is 5. The van der Waals surface area contributed by atoms with E-state index in [0.717, 1.165) is 43.8 Å². The fraction of sp³-hybridized carbons (Fsp3) is 0.438. The molecular formula is C16H20N2O3. The predicted molar refractivity (Wildman–Crippen MR) is 82.7 cm³/mol. The normalized spacial score (nSPS) is 16.6. The van der Waals surface area contributed by atoms with Gasteiger partial charge in [0.1, 0.15) is 5.58 Å². The zero-order valence-corrected chi connectivity index (χ0v) is 12.2. The zero-order valence-electron chi connectivity index (χ0n) is 12.2. The number of rotatable bonds is 3. The second kappa shape index (κ2) is 5.87. The average molecular weight is 288 g/mol. The molecule has 0 amide bonds. The fourth-order valence-corrected chi connectivity index (χ4v) is 2.96. The van der Waals surface area contributed by atoms with E-state index in [0.29, 0.717) is 11.1 Å². The van der Waals surface area contributed by atoms with E-state index in [1.807, 2.05) is 18.2 Å². The summed E-state index contributed by atoms with van der Waals surface area (Å²) < 4.78 is 5.30. The number of nitrogens with zero attached hydrogens (tertiary/aromatic N) is 2. The Kier molecular flexibility index (Phi) is 3.94. The van der Waals surface area contributed by atoms with Crippen molar-refractivity contribution in [3.63, 3.8) is 0 Å². The molecule has 5 heteroatoms. The van der Waals surface area contributed by atoms with E-state index in [2.05, 4.69) is 16.7 Å². The van der Waals surface area contributed by atoms with Crippen LogP contribution in [0.1, 0.15) is 12.5 Å². The molecule has 1 N–H and O–H groups in total. The van der Waals surface area contributed by atoms with Gasteiger partial charge >= 0.3 is 5.63 Å². The highest BCUT2D eigenvalue weighted by Gasteiger charge is 2.22. The standard InChI is InChI=1S/C16H20N2O3/c1-2-17-7-9-18(10-8-17)15-12-5-3-4-6-14(12)21-16(20)13(15)11-19/h3-6,19H,2,7-11H2,1H3. The molecule has 0 unspecified atom stereocenters. The van der Waals surface area contributed by atoms with Gasteiger partial charge in [-0.25, -0.2) is 4.79 Å². The largest absolute Gasteiger partial charge is 0.422 e. The second-order valence-corrected chi connectivity index (χ2v) is 5.29. The molecule has 1 aliphatic heterocycles. The topological polar surface area (TPSA) is 56.9 Å². The maximum Gasteiger partial charge on any atom is 0.343 e. The maximum atomic E-state index is 12.1. The van der Waals surface area contributed by atoms with E-state index in [-0.39, 0.29) is 6.61 Å². The summed E-state index contributed by atoms with van der Waals surface area (Å²) >= 11 is 0. The Labute approximate surface area is 123 Å². The van der Waals surface area contributed by atoms with Crippen LogP contribution >= 0.6 is 0 Å². The Morgan fingerprint density at radius 1 is 1.19 bits per heavy atom. The van der Waals surface area contributed by atoms with Crippen molar-refractivity contribution in [1.29, 1.82) is 0 Å². The van der Waals surface area contributed by atoms with E-state index < -0.39 is 5.63 Å². The SMILES string of the molecule is CCN1CCN(c2c(CO)c(=O)oc3ccccc23)CC1. The van der Waals surface area contributed by atoms with Gasteiger partial charge in [0.05, 0.1) is 17.9 Å². The molecule has 1 aliphatic rings. The highest BCUT2D eigenvalue weighted by Crippen LogP contribution is 2.29. The summed E-state index contributed by atoms with van der Waals surface area (Å²) in [7, 11) is 0. The molecule has 5 nitrogen and oxygen atoms in total. The number of para-hydroxylation sites is 1. The minimum atomic E-state index is -0.441. The predicted octanol–water partition coefficient (Wildman–Crippen LogP) is 1.43.